The van der Waals surface area contributed by atoms with Crippen molar-refractivity contribution in [2.45, 2.75) is 20.4 Å². The Morgan fingerprint density at radius 3 is 2.76 bits per heavy atom. The summed E-state index contributed by atoms with van der Waals surface area (Å²) >= 11 is 0. The van der Waals surface area contributed by atoms with Crippen molar-refractivity contribution in [3.63, 3.8) is 0 Å². The number of aryl methyl sites for hydroxylation is 2. The number of hydrogen-bond acceptors (Lipinski definition) is 2. The summed E-state index contributed by atoms with van der Waals surface area (Å²) < 4.78 is 2.00. The van der Waals surface area contributed by atoms with Gasteiger partial charge in [0.2, 0.25) is 5.95 Å². The number of carbonyl (C=O) groups is 1. The summed E-state index contributed by atoms with van der Waals surface area (Å²) in [5.41, 5.74) is 3.62. The number of carbonyl (C=O) groups excluding carboxylic acids is 1. The molecule has 1 amide bonds. The third-order valence-electron chi connectivity index (χ3n) is 3.48. The van der Waals surface area contributed by atoms with Crippen molar-refractivity contribution >= 4 is 22.9 Å². The number of rotatable bonds is 3. The lowest BCUT2D eigenvalue weighted by molar-refractivity contribution is 0.102. The van der Waals surface area contributed by atoms with Crippen LogP contribution in [-0.4, -0.2) is 15.5 Å². The Balaban J connectivity index is 1.96. The van der Waals surface area contributed by atoms with E-state index >= 15 is 0 Å². The van der Waals surface area contributed by atoms with Gasteiger partial charge in [-0.25, -0.2) is 4.98 Å². The Hall–Kier alpha value is -2.62. The van der Waals surface area contributed by atoms with Gasteiger partial charge in [0.25, 0.3) is 5.91 Å². The van der Waals surface area contributed by atoms with Crippen molar-refractivity contribution in [3.05, 3.63) is 59.7 Å². The molecule has 0 spiro atoms. The maximum atomic E-state index is 12.3. The number of imidazole rings is 1. The van der Waals surface area contributed by atoms with Gasteiger partial charge in [-0.1, -0.05) is 29.8 Å². The molecule has 0 fully saturated rings. The predicted molar refractivity (Wildman–Crippen MR) is 84.5 cm³/mol. The van der Waals surface area contributed by atoms with Crippen molar-refractivity contribution < 1.29 is 4.79 Å². The number of anilines is 1. The Bertz CT molecular complexity index is 805. The SMILES string of the molecule is CCn1c(NC(=O)c2cccc(C)c2)nc2ccccc21. The highest BCUT2D eigenvalue weighted by atomic mass is 16.1. The van der Waals surface area contributed by atoms with E-state index in [0.717, 1.165) is 23.1 Å². The van der Waals surface area contributed by atoms with Crippen LogP contribution in [0.3, 0.4) is 0 Å². The van der Waals surface area contributed by atoms with E-state index in [1.807, 2.05) is 60.9 Å². The summed E-state index contributed by atoms with van der Waals surface area (Å²) in [5, 5.41) is 2.91. The van der Waals surface area contributed by atoms with Crippen LogP contribution in [0.2, 0.25) is 0 Å². The maximum Gasteiger partial charge on any atom is 0.257 e. The molecule has 0 unspecified atom stereocenters. The molecule has 0 atom stereocenters. The van der Waals surface area contributed by atoms with E-state index in [0.29, 0.717) is 11.5 Å². The van der Waals surface area contributed by atoms with E-state index in [1.165, 1.54) is 0 Å². The summed E-state index contributed by atoms with van der Waals surface area (Å²) in [7, 11) is 0. The first-order chi connectivity index (χ1) is 10.2. The smallest absolute Gasteiger partial charge is 0.257 e. The fraction of sp³-hybridized carbons (Fsp3) is 0.176. The molecule has 4 heteroatoms. The number of para-hydroxylation sites is 2. The highest BCUT2D eigenvalue weighted by Gasteiger charge is 2.13. The number of nitrogens with zero attached hydrogens (tertiary/aromatic N) is 2. The third kappa shape index (κ3) is 2.52. The zero-order chi connectivity index (χ0) is 14.8. The number of nitrogens with one attached hydrogen (secondary N) is 1. The molecule has 0 saturated heterocycles. The molecule has 0 radical (unpaired) electrons. The maximum absolute atomic E-state index is 12.3. The molecule has 0 bridgehead atoms. The van der Waals surface area contributed by atoms with Gasteiger partial charge in [0.15, 0.2) is 0 Å². The molecule has 4 nitrogen and oxygen atoms in total. The quantitative estimate of drug-likeness (QED) is 0.796. The van der Waals surface area contributed by atoms with Crippen LogP contribution in [0.25, 0.3) is 11.0 Å². The molecule has 2 aromatic carbocycles. The van der Waals surface area contributed by atoms with Crippen LogP contribution >= 0.6 is 0 Å². The first kappa shape index (κ1) is 13.4. The lowest BCUT2D eigenvalue weighted by Crippen LogP contribution is -2.15. The van der Waals surface area contributed by atoms with Gasteiger partial charge < -0.3 is 4.57 Å². The molecular weight excluding hydrogens is 262 g/mol. The third-order valence-corrected chi connectivity index (χ3v) is 3.48. The number of hydrogen-bond donors (Lipinski definition) is 1. The zero-order valence-electron chi connectivity index (χ0n) is 12.1. The standard InChI is InChI=1S/C17H17N3O/c1-3-20-15-10-5-4-9-14(15)18-17(20)19-16(21)13-8-6-7-12(2)11-13/h4-11H,3H2,1-2H3,(H,18,19,21). The summed E-state index contributed by atoms with van der Waals surface area (Å²) in [6.45, 7) is 4.76. The second kappa shape index (κ2) is 5.40. The van der Waals surface area contributed by atoms with Gasteiger partial charge in [0, 0.05) is 12.1 Å². The molecule has 21 heavy (non-hydrogen) atoms. The van der Waals surface area contributed by atoms with Crippen LogP contribution < -0.4 is 5.32 Å². The Morgan fingerprint density at radius 2 is 2.00 bits per heavy atom. The molecular formula is C17H17N3O. The Kier molecular flexibility index (Phi) is 3.44. The monoisotopic (exact) mass is 279 g/mol. The molecule has 0 aliphatic heterocycles. The van der Waals surface area contributed by atoms with Crippen LogP contribution in [0.4, 0.5) is 5.95 Å². The summed E-state index contributed by atoms with van der Waals surface area (Å²) in [6, 6.07) is 15.4. The fourth-order valence-electron chi connectivity index (χ4n) is 2.45. The van der Waals surface area contributed by atoms with E-state index in [2.05, 4.69) is 10.3 Å². The van der Waals surface area contributed by atoms with Gasteiger partial charge in [-0.3, -0.25) is 10.1 Å². The number of aromatic nitrogens is 2. The lowest BCUT2D eigenvalue weighted by Gasteiger charge is -2.08. The van der Waals surface area contributed by atoms with Gasteiger partial charge >= 0.3 is 0 Å². The van der Waals surface area contributed by atoms with Gasteiger partial charge in [-0.2, -0.15) is 0 Å². The van der Waals surface area contributed by atoms with Gasteiger partial charge in [0.05, 0.1) is 11.0 Å². The average molecular weight is 279 g/mol. The summed E-state index contributed by atoms with van der Waals surface area (Å²) in [4.78, 5) is 16.8. The first-order valence-electron chi connectivity index (χ1n) is 7.02. The molecule has 0 saturated carbocycles. The lowest BCUT2D eigenvalue weighted by atomic mass is 10.1. The topological polar surface area (TPSA) is 46.9 Å². The van der Waals surface area contributed by atoms with E-state index in [1.54, 1.807) is 6.07 Å². The molecule has 1 N–H and O–H groups in total. The largest absolute Gasteiger partial charge is 0.310 e. The van der Waals surface area contributed by atoms with Crippen LogP contribution in [-0.2, 0) is 6.54 Å². The van der Waals surface area contributed by atoms with E-state index in [4.69, 9.17) is 0 Å². The predicted octanol–water partition coefficient (Wildman–Crippen LogP) is 3.62. The van der Waals surface area contributed by atoms with Gasteiger partial charge in [-0.05, 0) is 38.1 Å². The van der Waals surface area contributed by atoms with Crippen molar-refractivity contribution in [1.29, 1.82) is 0 Å². The first-order valence-corrected chi connectivity index (χ1v) is 7.02. The highest BCUT2D eigenvalue weighted by Crippen LogP contribution is 2.20. The Morgan fingerprint density at radius 1 is 1.19 bits per heavy atom. The molecule has 1 heterocycles. The van der Waals surface area contributed by atoms with Crippen molar-refractivity contribution in [2.24, 2.45) is 0 Å². The number of benzene rings is 2. The Labute approximate surface area is 123 Å². The van der Waals surface area contributed by atoms with Crippen LogP contribution in [0, 0.1) is 6.92 Å². The molecule has 3 rings (SSSR count). The molecule has 1 aromatic heterocycles. The van der Waals surface area contributed by atoms with Crippen LogP contribution in [0.1, 0.15) is 22.8 Å². The minimum Gasteiger partial charge on any atom is -0.310 e. The number of fused-ring (bicyclic) bond motifs is 1. The van der Waals surface area contributed by atoms with Crippen molar-refractivity contribution in [3.8, 4) is 0 Å². The van der Waals surface area contributed by atoms with E-state index in [-0.39, 0.29) is 5.91 Å². The molecule has 106 valence electrons. The summed E-state index contributed by atoms with van der Waals surface area (Å²) in [6.07, 6.45) is 0. The van der Waals surface area contributed by atoms with Crippen LogP contribution in [0.15, 0.2) is 48.5 Å². The minimum atomic E-state index is -0.135. The van der Waals surface area contributed by atoms with Gasteiger partial charge in [0.1, 0.15) is 0 Å². The fourth-order valence-corrected chi connectivity index (χ4v) is 2.45. The molecule has 3 aromatic rings. The molecule has 0 aliphatic rings. The van der Waals surface area contributed by atoms with E-state index in [9.17, 15) is 4.79 Å². The minimum absolute atomic E-state index is 0.135. The number of amides is 1. The second-order valence-corrected chi connectivity index (χ2v) is 4.99. The van der Waals surface area contributed by atoms with Crippen molar-refractivity contribution in [2.75, 3.05) is 5.32 Å². The van der Waals surface area contributed by atoms with Crippen molar-refractivity contribution in [1.82, 2.24) is 9.55 Å². The van der Waals surface area contributed by atoms with E-state index < -0.39 is 0 Å². The zero-order valence-corrected chi connectivity index (χ0v) is 12.1. The molecule has 0 aliphatic carbocycles. The summed E-state index contributed by atoms with van der Waals surface area (Å²) in [5.74, 6) is 0.453. The van der Waals surface area contributed by atoms with Gasteiger partial charge in [-0.15, -0.1) is 0 Å². The van der Waals surface area contributed by atoms with Crippen LogP contribution in [0.5, 0.6) is 0 Å². The second-order valence-electron chi connectivity index (χ2n) is 4.99. The highest BCUT2D eigenvalue weighted by molar-refractivity contribution is 6.04. The normalized spacial score (nSPS) is 10.8. The average Bonchev–Trinajstić information content (AvgIpc) is 2.84.